The van der Waals surface area contributed by atoms with Gasteiger partial charge in [-0.15, -0.1) is 0 Å². The van der Waals surface area contributed by atoms with Crippen molar-refractivity contribution in [2.75, 3.05) is 39.8 Å². The minimum Gasteiger partial charge on any atom is -0.304 e. The van der Waals surface area contributed by atoms with Crippen LogP contribution in [0, 0.1) is 13.8 Å². The highest BCUT2D eigenvalue weighted by Gasteiger charge is 2.12. The van der Waals surface area contributed by atoms with Gasteiger partial charge in [0.2, 0.25) is 0 Å². The van der Waals surface area contributed by atoms with Gasteiger partial charge in [-0.1, -0.05) is 23.8 Å². The van der Waals surface area contributed by atoms with Crippen LogP contribution in [0.25, 0.3) is 0 Å². The van der Waals surface area contributed by atoms with Crippen LogP contribution in [-0.4, -0.2) is 49.6 Å². The summed E-state index contributed by atoms with van der Waals surface area (Å²) in [6.07, 6.45) is 2.51. The number of aryl methyl sites for hydroxylation is 3. The second-order valence-electron chi connectivity index (χ2n) is 5.68. The molecule has 2 rings (SSSR count). The monoisotopic (exact) mass is 246 g/mol. The van der Waals surface area contributed by atoms with E-state index in [2.05, 4.69) is 48.9 Å². The van der Waals surface area contributed by atoms with Gasteiger partial charge in [0.1, 0.15) is 0 Å². The normalized spacial score (nSPS) is 18.2. The van der Waals surface area contributed by atoms with E-state index < -0.39 is 0 Å². The lowest BCUT2D eigenvalue weighted by atomic mass is 10.0. The van der Waals surface area contributed by atoms with Crippen LogP contribution in [0.5, 0.6) is 0 Å². The van der Waals surface area contributed by atoms with E-state index in [4.69, 9.17) is 0 Å². The van der Waals surface area contributed by atoms with Crippen LogP contribution < -0.4 is 0 Å². The fourth-order valence-electron chi connectivity index (χ4n) is 2.63. The van der Waals surface area contributed by atoms with Gasteiger partial charge in [0, 0.05) is 26.2 Å². The summed E-state index contributed by atoms with van der Waals surface area (Å²) in [7, 11) is 2.22. The van der Waals surface area contributed by atoms with Crippen LogP contribution >= 0.6 is 0 Å². The van der Waals surface area contributed by atoms with Crippen LogP contribution in [0.15, 0.2) is 18.2 Å². The average Bonchev–Trinajstić information content (AvgIpc) is 2.36. The van der Waals surface area contributed by atoms with Crippen LogP contribution in [-0.2, 0) is 6.42 Å². The molecule has 1 heterocycles. The molecule has 2 nitrogen and oxygen atoms in total. The maximum Gasteiger partial charge on any atom is 0.0110 e. The largest absolute Gasteiger partial charge is 0.304 e. The van der Waals surface area contributed by atoms with Gasteiger partial charge in [-0.2, -0.15) is 0 Å². The van der Waals surface area contributed by atoms with Gasteiger partial charge in [-0.05, 0) is 51.4 Å². The highest BCUT2D eigenvalue weighted by Crippen LogP contribution is 2.13. The van der Waals surface area contributed by atoms with Gasteiger partial charge in [-0.25, -0.2) is 0 Å². The fraction of sp³-hybridized carbons (Fsp3) is 0.625. The Kier molecular flexibility index (Phi) is 4.79. The number of benzene rings is 1. The quantitative estimate of drug-likeness (QED) is 0.805. The minimum atomic E-state index is 1.22. The first kappa shape index (κ1) is 13.6. The molecule has 0 N–H and O–H groups in total. The van der Waals surface area contributed by atoms with Crippen molar-refractivity contribution in [3.8, 4) is 0 Å². The molecule has 1 aliphatic heterocycles. The summed E-state index contributed by atoms with van der Waals surface area (Å²) in [5, 5.41) is 0. The first-order valence-corrected chi connectivity index (χ1v) is 7.12. The lowest BCUT2D eigenvalue weighted by molar-refractivity contribution is 0.153. The molecular weight excluding hydrogens is 220 g/mol. The van der Waals surface area contributed by atoms with Gasteiger partial charge in [0.25, 0.3) is 0 Å². The Morgan fingerprint density at radius 2 is 1.78 bits per heavy atom. The molecule has 1 aromatic rings. The Bertz CT molecular complexity index is 379. The molecule has 0 aliphatic carbocycles. The summed E-state index contributed by atoms with van der Waals surface area (Å²) in [5.74, 6) is 0. The third-order valence-electron chi connectivity index (χ3n) is 4.02. The zero-order valence-electron chi connectivity index (χ0n) is 12.1. The van der Waals surface area contributed by atoms with Gasteiger partial charge >= 0.3 is 0 Å². The Balaban J connectivity index is 1.76. The molecular formula is C16H26N2. The van der Waals surface area contributed by atoms with Crippen molar-refractivity contribution in [2.45, 2.75) is 26.7 Å². The van der Waals surface area contributed by atoms with Crippen molar-refractivity contribution in [2.24, 2.45) is 0 Å². The Morgan fingerprint density at radius 3 is 2.50 bits per heavy atom. The lowest BCUT2D eigenvalue weighted by Crippen LogP contribution is -2.44. The molecule has 1 fully saturated rings. The summed E-state index contributed by atoms with van der Waals surface area (Å²) in [4.78, 5) is 5.02. The molecule has 100 valence electrons. The van der Waals surface area contributed by atoms with E-state index in [9.17, 15) is 0 Å². The molecule has 0 aromatic heterocycles. The predicted molar refractivity (Wildman–Crippen MR) is 78.2 cm³/mol. The van der Waals surface area contributed by atoms with Crippen LogP contribution in [0.2, 0.25) is 0 Å². The van der Waals surface area contributed by atoms with Crippen LogP contribution in [0.4, 0.5) is 0 Å². The molecule has 0 saturated carbocycles. The third kappa shape index (κ3) is 3.82. The van der Waals surface area contributed by atoms with Gasteiger partial charge in [0.05, 0.1) is 0 Å². The first-order valence-electron chi connectivity index (χ1n) is 7.12. The van der Waals surface area contributed by atoms with Crippen molar-refractivity contribution in [1.82, 2.24) is 9.80 Å². The van der Waals surface area contributed by atoms with Gasteiger partial charge in [0.15, 0.2) is 0 Å². The standard InChI is InChI=1S/C16H26N2/c1-14-6-7-15(2)16(13-14)5-4-8-18-11-9-17(3)10-12-18/h6-7,13H,4-5,8-12H2,1-3H3. The second-order valence-corrected chi connectivity index (χ2v) is 5.68. The topological polar surface area (TPSA) is 6.48 Å². The van der Waals surface area contributed by atoms with Crippen molar-refractivity contribution < 1.29 is 0 Å². The predicted octanol–water partition coefficient (Wildman–Crippen LogP) is 2.48. The average molecular weight is 246 g/mol. The van der Waals surface area contributed by atoms with E-state index in [1.807, 2.05) is 0 Å². The number of rotatable bonds is 4. The van der Waals surface area contributed by atoms with Crippen molar-refractivity contribution in [3.05, 3.63) is 34.9 Å². The smallest absolute Gasteiger partial charge is 0.0110 e. The van der Waals surface area contributed by atoms with Crippen LogP contribution in [0.3, 0.4) is 0 Å². The molecule has 0 unspecified atom stereocenters. The highest BCUT2D eigenvalue weighted by molar-refractivity contribution is 5.30. The number of hydrogen-bond donors (Lipinski definition) is 0. The Morgan fingerprint density at radius 1 is 1.06 bits per heavy atom. The molecule has 0 bridgehead atoms. The number of likely N-dealkylation sites (N-methyl/N-ethyl adjacent to an activating group) is 1. The number of piperazine rings is 1. The van der Waals surface area contributed by atoms with E-state index in [1.165, 1.54) is 62.3 Å². The van der Waals surface area contributed by atoms with E-state index >= 15 is 0 Å². The number of hydrogen-bond acceptors (Lipinski definition) is 2. The first-order chi connectivity index (χ1) is 8.65. The molecule has 0 amide bonds. The highest BCUT2D eigenvalue weighted by atomic mass is 15.2. The summed E-state index contributed by atoms with van der Waals surface area (Å²) in [5.41, 5.74) is 4.36. The Labute approximate surface area is 112 Å². The molecule has 0 radical (unpaired) electrons. The summed E-state index contributed by atoms with van der Waals surface area (Å²) in [6, 6.07) is 6.80. The van der Waals surface area contributed by atoms with E-state index in [-0.39, 0.29) is 0 Å². The van der Waals surface area contributed by atoms with Crippen molar-refractivity contribution in [3.63, 3.8) is 0 Å². The lowest BCUT2D eigenvalue weighted by Gasteiger charge is -2.32. The minimum absolute atomic E-state index is 1.22. The van der Waals surface area contributed by atoms with Crippen molar-refractivity contribution >= 4 is 0 Å². The molecule has 18 heavy (non-hydrogen) atoms. The fourth-order valence-corrected chi connectivity index (χ4v) is 2.63. The number of nitrogens with zero attached hydrogens (tertiary/aromatic N) is 2. The molecule has 0 spiro atoms. The summed E-state index contributed by atoms with van der Waals surface area (Å²) >= 11 is 0. The third-order valence-corrected chi connectivity index (χ3v) is 4.02. The second kappa shape index (κ2) is 6.35. The molecule has 0 atom stereocenters. The SMILES string of the molecule is Cc1ccc(C)c(CCCN2CCN(C)CC2)c1. The summed E-state index contributed by atoms with van der Waals surface area (Å²) in [6.45, 7) is 10.6. The molecule has 1 aromatic carbocycles. The molecule has 1 aliphatic rings. The van der Waals surface area contributed by atoms with E-state index in [1.54, 1.807) is 0 Å². The van der Waals surface area contributed by atoms with Gasteiger partial charge in [-0.3, -0.25) is 0 Å². The van der Waals surface area contributed by atoms with Crippen LogP contribution in [0.1, 0.15) is 23.1 Å². The summed E-state index contributed by atoms with van der Waals surface area (Å²) < 4.78 is 0. The molecule has 1 saturated heterocycles. The van der Waals surface area contributed by atoms with Crippen molar-refractivity contribution in [1.29, 1.82) is 0 Å². The van der Waals surface area contributed by atoms with E-state index in [0.29, 0.717) is 0 Å². The molecule has 2 heteroatoms. The maximum atomic E-state index is 2.60. The van der Waals surface area contributed by atoms with E-state index in [0.717, 1.165) is 0 Å². The zero-order valence-corrected chi connectivity index (χ0v) is 12.1. The zero-order chi connectivity index (χ0) is 13.0. The maximum absolute atomic E-state index is 2.60. The Hall–Kier alpha value is -0.860. The van der Waals surface area contributed by atoms with Gasteiger partial charge < -0.3 is 9.80 Å².